The van der Waals surface area contributed by atoms with Gasteiger partial charge in [-0.2, -0.15) is 0 Å². The molecule has 0 bridgehead atoms. The van der Waals surface area contributed by atoms with E-state index in [0.29, 0.717) is 6.54 Å². The van der Waals surface area contributed by atoms with E-state index >= 15 is 0 Å². The number of hydrogen-bond donors (Lipinski definition) is 2. The minimum Gasteiger partial charge on any atom is -0.352 e. The Morgan fingerprint density at radius 1 is 1.38 bits per heavy atom. The Labute approximate surface area is 129 Å². The number of rotatable bonds is 1. The molecule has 0 aromatic carbocycles. The average Bonchev–Trinajstić information content (AvgIpc) is 2.74. The minimum absolute atomic E-state index is 0.0616. The lowest BCUT2D eigenvalue weighted by Crippen LogP contribution is -2.62. The number of piperazine rings is 1. The zero-order valence-electron chi connectivity index (χ0n) is 13.2. The molecule has 1 aliphatic carbocycles. The molecular formula is C15H24N4OS. The van der Waals surface area contributed by atoms with E-state index in [-0.39, 0.29) is 17.4 Å². The van der Waals surface area contributed by atoms with Gasteiger partial charge in [-0.1, -0.05) is 25.2 Å². The van der Waals surface area contributed by atoms with E-state index in [9.17, 15) is 4.79 Å². The Balaban J connectivity index is 1.97. The maximum Gasteiger partial charge on any atom is 0.245 e. The summed E-state index contributed by atoms with van der Waals surface area (Å²) < 4.78 is 0. The summed E-state index contributed by atoms with van der Waals surface area (Å²) in [7, 11) is 0. The predicted octanol–water partition coefficient (Wildman–Crippen LogP) is 1.83. The molecule has 6 heteroatoms. The third-order valence-corrected chi connectivity index (χ3v) is 5.81. The highest BCUT2D eigenvalue weighted by Gasteiger charge is 2.41. The fraction of sp³-hybridized carbons (Fsp3) is 0.733. The van der Waals surface area contributed by atoms with Crippen LogP contribution < -0.4 is 16.0 Å². The molecule has 1 atom stereocenters. The lowest BCUT2D eigenvalue weighted by Gasteiger charge is -2.41. The number of nitrogens with one attached hydrogen (secondary N) is 1. The summed E-state index contributed by atoms with van der Waals surface area (Å²) in [6.07, 6.45) is 1.96. The number of anilines is 1. The highest BCUT2D eigenvalue weighted by Crippen LogP contribution is 2.44. The van der Waals surface area contributed by atoms with Gasteiger partial charge >= 0.3 is 0 Å². The van der Waals surface area contributed by atoms with Crippen LogP contribution in [0, 0.1) is 5.41 Å². The molecule has 1 unspecified atom stereocenters. The second kappa shape index (κ2) is 4.68. The molecule has 1 amide bonds. The van der Waals surface area contributed by atoms with Gasteiger partial charge in [-0.25, -0.2) is 4.98 Å². The van der Waals surface area contributed by atoms with E-state index in [1.54, 1.807) is 11.3 Å². The lowest BCUT2D eigenvalue weighted by atomic mass is 9.77. The van der Waals surface area contributed by atoms with Gasteiger partial charge in [0.1, 0.15) is 5.54 Å². The van der Waals surface area contributed by atoms with Gasteiger partial charge in [-0.3, -0.25) is 4.79 Å². The van der Waals surface area contributed by atoms with E-state index < -0.39 is 5.54 Å². The van der Waals surface area contributed by atoms with Crippen LogP contribution in [-0.4, -0.2) is 29.5 Å². The number of fused-ring (bicyclic) bond motifs is 1. The van der Waals surface area contributed by atoms with Crippen LogP contribution in [0.25, 0.3) is 0 Å². The molecule has 2 aliphatic rings. The number of aromatic nitrogens is 1. The number of nitrogens with zero attached hydrogens (tertiary/aromatic N) is 2. The van der Waals surface area contributed by atoms with Crippen LogP contribution >= 0.6 is 11.3 Å². The van der Waals surface area contributed by atoms with Crippen molar-refractivity contribution in [2.45, 2.75) is 52.1 Å². The molecule has 5 nitrogen and oxygen atoms in total. The molecule has 0 spiro atoms. The molecule has 1 aliphatic heterocycles. The SMILES string of the molecule is CC1(C)Cc2nc(N3CCNC(=O)C3(C)C)sc2C(N)C1. The number of nitrogens with two attached hydrogens (primary N) is 1. The van der Waals surface area contributed by atoms with Crippen LogP contribution in [0.4, 0.5) is 5.13 Å². The van der Waals surface area contributed by atoms with Crippen molar-refractivity contribution in [1.29, 1.82) is 0 Å². The van der Waals surface area contributed by atoms with Crippen molar-refractivity contribution in [1.82, 2.24) is 10.3 Å². The normalized spacial score (nSPS) is 27.2. The second-order valence-electron chi connectivity index (χ2n) is 7.43. The van der Waals surface area contributed by atoms with Gasteiger partial charge in [0.05, 0.1) is 5.69 Å². The van der Waals surface area contributed by atoms with Crippen molar-refractivity contribution in [3.8, 4) is 0 Å². The molecule has 0 radical (unpaired) electrons. The first-order valence-corrected chi connectivity index (χ1v) is 8.33. The van der Waals surface area contributed by atoms with Gasteiger partial charge in [-0.15, -0.1) is 0 Å². The van der Waals surface area contributed by atoms with Gasteiger partial charge in [0.25, 0.3) is 0 Å². The molecule has 21 heavy (non-hydrogen) atoms. The summed E-state index contributed by atoms with van der Waals surface area (Å²) in [5, 5.41) is 3.87. The van der Waals surface area contributed by atoms with Crippen molar-refractivity contribution >= 4 is 22.4 Å². The third-order valence-electron chi connectivity index (χ3n) is 4.55. The Morgan fingerprint density at radius 3 is 2.81 bits per heavy atom. The van der Waals surface area contributed by atoms with Crippen molar-refractivity contribution in [3.05, 3.63) is 10.6 Å². The van der Waals surface area contributed by atoms with Crippen LogP contribution in [0.5, 0.6) is 0 Å². The molecular weight excluding hydrogens is 284 g/mol. The lowest BCUT2D eigenvalue weighted by molar-refractivity contribution is -0.126. The van der Waals surface area contributed by atoms with Gasteiger partial charge in [0.15, 0.2) is 5.13 Å². The van der Waals surface area contributed by atoms with Gasteiger partial charge < -0.3 is 16.0 Å². The Kier molecular flexibility index (Phi) is 3.29. The Bertz CT molecular complexity index is 578. The quantitative estimate of drug-likeness (QED) is 0.830. The van der Waals surface area contributed by atoms with Gasteiger partial charge in [-0.05, 0) is 32.1 Å². The number of hydrogen-bond acceptors (Lipinski definition) is 5. The summed E-state index contributed by atoms with van der Waals surface area (Å²) in [5.74, 6) is 0.0616. The van der Waals surface area contributed by atoms with E-state index in [0.717, 1.165) is 30.2 Å². The molecule has 0 saturated carbocycles. The molecule has 1 aromatic rings. The van der Waals surface area contributed by atoms with E-state index in [2.05, 4.69) is 24.1 Å². The van der Waals surface area contributed by atoms with Gasteiger partial charge in [0, 0.05) is 24.0 Å². The van der Waals surface area contributed by atoms with Crippen LogP contribution in [-0.2, 0) is 11.2 Å². The average molecular weight is 308 g/mol. The monoisotopic (exact) mass is 308 g/mol. The van der Waals surface area contributed by atoms with Crippen molar-refractivity contribution < 1.29 is 4.79 Å². The van der Waals surface area contributed by atoms with E-state index in [1.165, 1.54) is 4.88 Å². The molecule has 3 rings (SSSR count). The Morgan fingerprint density at radius 2 is 2.10 bits per heavy atom. The molecule has 3 N–H and O–H groups in total. The summed E-state index contributed by atoms with van der Waals surface area (Å²) >= 11 is 1.66. The summed E-state index contributed by atoms with van der Waals surface area (Å²) in [6.45, 7) is 9.85. The topological polar surface area (TPSA) is 71.2 Å². The summed E-state index contributed by atoms with van der Waals surface area (Å²) in [4.78, 5) is 20.3. The maximum absolute atomic E-state index is 12.1. The number of carbonyl (C=O) groups is 1. The van der Waals surface area contributed by atoms with E-state index in [1.807, 2.05) is 13.8 Å². The molecule has 116 valence electrons. The molecule has 1 fully saturated rings. The van der Waals surface area contributed by atoms with Crippen LogP contribution in [0.2, 0.25) is 0 Å². The van der Waals surface area contributed by atoms with Crippen molar-refractivity contribution in [3.63, 3.8) is 0 Å². The maximum atomic E-state index is 12.1. The summed E-state index contributed by atoms with van der Waals surface area (Å²) in [6, 6.07) is 0.0664. The van der Waals surface area contributed by atoms with Gasteiger partial charge in [0.2, 0.25) is 5.91 Å². The highest BCUT2D eigenvalue weighted by molar-refractivity contribution is 7.15. The molecule has 1 aromatic heterocycles. The van der Waals surface area contributed by atoms with Crippen LogP contribution in [0.15, 0.2) is 0 Å². The smallest absolute Gasteiger partial charge is 0.245 e. The summed E-state index contributed by atoms with van der Waals surface area (Å²) in [5.41, 5.74) is 7.10. The third kappa shape index (κ3) is 2.44. The molecule has 2 heterocycles. The molecule has 1 saturated heterocycles. The number of thiazole rings is 1. The fourth-order valence-corrected chi connectivity index (χ4v) is 4.58. The van der Waals surface area contributed by atoms with Crippen LogP contribution in [0.3, 0.4) is 0 Å². The Hall–Kier alpha value is -1.14. The van der Waals surface area contributed by atoms with E-state index in [4.69, 9.17) is 10.7 Å². The largest absolute Gasteiger partial charge is 0.352 e. The minimum atomic E-state index is -0.557. The highest BCUT2D eigenvalue weighted by atomic mass is 32.1. The zero-order chi connectivity index (χ0) is 15.4. The second-order valence-corrected chi connectivity index (χ2v) is 8.43. The first kappa shape index (κ1) is 14.8. The fourth-order valence-electron chi connectivity index (χ4n) is 3.33. The first-order chi connectivity index (χ1) is 9.71. The first-order valence-electron chi connectivity index (χ1n) is 7.52. The predicted molar refractivity (Wildman–Crippen MR) is 85.6 cm³/mol. The standard InChI is InChI=1S/C15H24N4OS/c1-14(2)7-9(16)11-10(8-14)18-13(21-11)19-6-5-17-12(20)15(19,3)4/h9H,5-8,16H2,1-4H3,(H,17,20). The zero-order valence-corrected chi connectivity index (χ0v) is 14.0. The van der Waals surface area contributed by atoms with Crippen LogP contribution in [0.1, 0.15) is 50.7 Å². The van der Waals surface area contributed by atoms with Crippen molar-refractivity contribution in [2.75, 3.05) is 18.0 Å². The number of amides is 1. The number of carbonyl (C=O) groups excluding carboxylic acids is 1. The van der Waals surface area contributed by atoms with Crippen molar-refractivity contribution in [2.24, 2.45) is 11.1 Å².